The minimum absolute atomic E-state index is 0.0799. The fraction of sp³-hybridized carbons (Fsp3) is 0.438. The fourth-order valence-electron chi connectivity index (χ4n) is 2.09. The maximum Gasteiger partial charge on any atom is 0.233 e. The van der Waals surface area contributed by atoms with E-state index in [1.807, 2.05) is 13.8 Å². The number of nitrogens with zero attached hydrogens (tertiary/aromatic N) is 2. The second-order valence-electron chi connectivity index (χ2n) is 5.83. The molecule has 0 saturated heterocycles. The molecule has 8 heteroatoms. The Morgan fingerprint density at radius 2 is 2.00 bits per heavy atom. The third-order valence-corrected chi connectivity index (χ3v) is 5.73. The van der Waals surface area contributed by atoms with Crippen molar-refractivity contribution in [1.82, 2.24) is 15.5 Å². The zero-order valence-electron chi connectivity index (χ0n) is 13.5. The molecule has 0 unspecified atom stereocenters. The number of halogens is 1. The van der Waals surface area contributed by atoms with Gasteiger partial charge in [0.25, 0.3) is 0 Å². The van der Waals surface area contributed by atoms with Crippen molar-refractivity contribution < 1.29 is 9.18 Å². The monoisotopic (exact) mass is 366 g/mol. The van der Waals surface area contributed by atoms with Crippen LogP contribution in [0.4, 0.5) is 9.52 Å². The standard InChI is InChI=1S/C16H19FN4OS2/c1-9(11-3-5-12(17)6-4-11)18-14(22)10(2)23-16-21-20-15(24-16)19-13-7-8-13/h3-6,9-10,13H,7-8H2,1-2H3,(H,18,22)(H,19,20)/t9-,10+/m0/s1. The highest BCUT2D eigenvalue weighted by atomic mass is 32.2. The van der Waals surface area contributed by atoms with E-state index in [9.17, 15) is 9.18 Å². The van der Waals surface area contributed by atoms with Crippen molar-refractivity contribution in [1.29, 1.82) is 0 Å². The van der Waals surface area contributed by atoms with Crippen LogP contribution in [0.25, 0.3) is 0 Å². The second-order valence-corrected chi connectivity index (χ2v) is 8.40. The summed E-state index contributed by atoms with van der Waals surface area (Å²) in [4.78, 5) is 12.3. The van der Waals surface area contributed by atoms with Gasteiger partial charge in [0, 0.05) is 6.04 Å². The minimum atomic E-state index is -0.284. The van der Waals surface area contributed by atoms with Crippen LogP contribution >= 0.6 is 23.1 Å². The predicted octanol–water partition coefficient (Wildman–Crippen LogP) is 3.61. The third kappa shape index (κ3) is 4.67. The van der Waals surface area contributed by atoms with E-state index in [-0.39, 0.29) is 23.0 Å². The molecule has 1 aromatic carbocycles. The van der Waals surface area contributed by atoms with Crippen molar-refractivity contribution in [3.05, 3.63) is 35.6 Å². The molecular weight excluding hydrogens is 347 g/mol. The number of carbonyl (C=O) groups excluding carboxylic acids is 1. The van der Waals surface area contributed by atoms with Crippen molar-refractivity contribution in [2.24, 2.45) is 0 Å². The molecule has 1 aliphatic carbocycles. The number of thioether (sulfide) groups is 1. The first-order valence-corrected chi connectivity index (χ1v) is 9.53. The van der Waals surface area contributed by atoms with Gasteiger partial charge in [-0.25, -0.2) is 4.39 Å². The quantitative estimate of drug-likeness (QED) is 0.733. The van der Waals surface area contributed by atoms with Crippen molar-refractivity contribution >= 4 is 34.1 Å². The average molecular weight is 366 g/mol. The first-order chi connectivity index (χ1) is 11.5. The zero-order chi connectivity index (χ0) is 17.1. The highest BCUT2D eigenvalue weighted by Gasteiger charge is 2.23. The summed E-state index contributed by atoms with van der Waals surface area (Å²) in [5, 5.41) is 15.0. The summed E-state index contributed by atoms with van der Waals surface area (Å²) in [5.74, 6) is -0.364. The number of carbonyl (C=O) groups is 1. The Balaban J connectivity index is 1.51. The number of hydrogen-bond acceptors (Lipinski definition) is 6. The Labute approximate surface area is 148 Å². The molecule has 2 N–H and O–H groups in total. The maximum absolute atomic E-state index is 13.0. The van der Waals surface area contributed by atoms with Crippen LogP contribution in [0.15, 0.2) is 28.6 Å². The first-order valence-electron chi connectivity index (χ1n) is 7.84. The predicted molar refractivity (Wildman–Crippen MR) is 94.8 cm³/mol. The molecule has 0 aliphatic heterocycles. The van der Waals surface area contributed by atoms with E-state index in [4.69, 9.17) is 0 Å². The van der Waals surface area contributed by atoms with Crippen LogP contribution in [0, 0.1) is 5.82 Å². The smallest absolute Gasteiger partial charge is 0.233 e. The molecule has 0 radical (unpaired) electrons. The van der Waals surface area contributed by atoms with Crippen LogP contribution in [0.3, 0.4) is 0 Å². The van der Waals surface area contributed by atoms with E-state index in [0.29, 0.717) is 6.04 Å². The van der Waals surface area contributed by atoms with E-state index in [1.54, 1.807) is 12.1 Å². The lowest BCUT2D eigenvalue weighted by Crippen LogP contribution is -2.33. The molecule has 3 rings (SSSR count). The number of aromatic nitrogens is 2. The molecule has 0 bridgehead atoms. The fourth-order valence-corrected chi connectivity index (χ4v) is 4.07. The number of benzene rings is 1. The number of hydrogen-bond donors (Lipinski definition) is 2. The van der Waals surface area contributed by atoms with Gasteiger partial charge in [-0.2, -0.15) is 0 Å². The normalized spacial score (nSPS) is 16.5. The van der Waals surface area contributed by atoms with Crippen LogP contribution in [-0.4, -0.2) is 27.4 Å². The molecule has 128 valence electrons. The average Bonchev–Trinajstić information content (AvgIpc) is 3.26. The molecule has 2 atom stereocenters. The van der Waals surface area contributed by atoms with Crippen LogP contribution in [0.5, 0.6) is 0 Å². The zero-order valence-corrected chi connectivity index (χ0v) is 15.1. The highest BCUT2D eigenvalue weighted by Crippen LogP contribution is 2.32. The van der Waals surface area contributed by atoms with E-state index >= 15 is 0 Å². The van der Waals surface area contributed by atoms with Gasteiger partial charge < -0.3 is 10.6 Å². The lowest BCUT2D eigenvalue weighted by Gasteiger charge is -2.17. The van der Waals surface area contributed by atoms with Gasteiger partial charge >= 0.3 is 0 Å². The summed E-state index contributed by atoms with van der Waals surface area (Å²) in [6.45, 7) is 3.72. The number of anilines is 1. The summed E-state index contributed by atoms with van der Waals surface area (Å²) < 4.78 is 13.7. The summed E-state index contributed by atoms with van der Waals surface area (Å²) in [7, 11) is 0. The van der Waals surface area contributed by atoms with Crippen molar-refractivity contribution in [3.63, 3.8) is 0 Å². The summed E-state index contributed by atoms with van der Waals surface area (Å²) in [5.41, 5.74) is 0.869. The van der Waals surface area contributed by atoms with Gasteiger partial charge in [-0.3, -0.25) is 4.79 Å². The van der Waals surface area contributed by atoms with Crippen LogP contribution < -0.4 is 10.6 Å². The molecule has 1 amide bonds. The summed E-state index contributed by atoms with van der Waals surface area (Å²) in [6, 6.07) is 6.50. The number of nitrogens with one attached hydrogen (secondary N) is 2. The van der Waals surface area contributed by atoms with Crippen LogP contribution in [0.1, 0.15) is 38.3 Å². The van der Waals surface area contributed by atoms with Crippen molar-refractivity contribution in [3.8, 4) is 0 Å². The van der Waals surface area contributed by atoms with Gasteiger partial charge in [-0.15, -0.1) is 10.2 Å². The van der Waals surface area contributed by atoms with E-state index in [2.05, 4.69) is 20.8 Å². The van der Waals surface area contributed by atoms with E-state index in [1.165, 1.54) is 48.1 Å². The largest absolute Gasteiger partial charge is 0.357 e. The summed E-state index contributed by atoms with van der Waals surface area (Å²) in [6.07, 6.45) is 2.37. The molecule has 1 heterocycles. The second kappa shape index (κ2) is 7.48. The van der Waals surface area contributed by atoms with Crippen LogP contribution in [-0.2, 0) is 4.79 Å². The topological polar surface area (TPSA) is 66.9 Å². The Hall–Kier alpha value is -1.67. The lowest BCUT2D eigenvalue weighted by molar-refractivity contribution is -0.120. The van der Waals surface area contributed by atoms with Gasteiger partial charge in [0.2, 0.25) is 11.0 Å². The molecule has 1 saturated carbocycles. The lowest BCUT2D eigenvalue weighted by atomic mass is 10.1. The first kappa shape index (κ1) is 17.2. The van der Waals surface area contributed by atoms with Gasteiger partial charge in [0.15, 0.2) is 4.34 Å². The van der Waals surface area contributed by atoms with E-state index in [0.717, 1.165) is 15.0 Å². The molecule has 0 spiro atoms. The number of amides is 1. The Morgan fingerprint density at radius 3 is 2.67 bits per heavy atom. The van der Waals surface area contributed by atoms with Crippen molar-refractivity contribution in [2.45, 2.75) is 48.4 Å². The Bertz CT molecular complexity index is 702. The van der Waals surface area contributed by atoms with Crippen LogP contribution in [0.2, 0.25) is 0 Å². The van der Waals surface area contributed by atoms with Crippen molar-refractivity contribution in [2.75, 3.05) is 5.32 Å². The molecule has 1 aliphatic rings. The SMILES string of the molecule is C[C@H](NC(=O)[C@@H](C)Sc1nnc(NC2CC2)s1)c1ccc(F)cc1. The highest BCUT2D eigenvalue weighted by molar-refractivity contribution is 8.02. The van der Waals surface area contributed by atoms with Gasteiger partial charge in [-0.1, -0.05) is 35.2 Å². The van der Waals surface area contributed by atoms with Gasteiger partial charge in [0.1, 0.15) is 5.82 Å². The van der Waals surface area contributed by atoms with E-state index < -0.39 is 0 Å². The molecule has 24 heavy (non-hydrogen) atoms. The van der Waals surface area contributed by atoms with Gasteiger partial charge in [-0.05, 0) is 44.4 Å². The summed E-state index contributed by atoms with van der Waals surface area (Å²) >= 11 is 2.86. The number of rotatable bonds is 7. The molecule has 1 fully saturated rings. The minimum Gasteiger partial charge on any atom is -0.357 e. The Morgan fingerprint density at radius 1 is 1.29 bits per heavy atom. The third-order valence-electron chi connectivity index (χ3n) is 3.69. The molecular formula is C16H19FN4OS2. The molecule has 2 aromatic rings. The maximum atomic E-state index is 13.0. The Kier molecular flexibility index (Phi) is 5.35. The molecule has 1 aromatic heterocycles. The molecule has 5 nitrogen and oxygen atoms in total. The van der Waals surface area contributed by atoms with Gasteiger partial charge in [0.05, 0.1) is 11.3 Å².